The summed E-state index contributed by atoms with van der Waals surface area (Å²) in [4.78, 5) is 14.2. The summed E-state index contributed by atoms with van der Waals surface area (Å²) in [7, 11) is 0. The van der Waals surface area contributed by atoms with Gasteiger partial charge in [0.1, 0.15) is 5.69 Å². The minimum Gasteiger partial charge on any atom is -0.370 e. The van der Waals surface area contributed by atoms with Crippen molar-refractivity contribution in [1.82, 2.24) is 4.98 Å². The molecule has 0 fully saturated rings. The normalized spacial score (nSPS) is 11.9. The van der Waals surface area contributed by atoms with Gasteiger partial charge < -0.3 is 5.32 Å². The van der Waals surface area contributed by atoms with E-state index in [1.807, 2.05) is 6.07 Å². The Labute approximate surface area is 109 Å². The van der Waals surface area contributed by atoms with Gasteiger partial charge in [-0.1, -0.05) is 12.1 Å². The van der Waals surface area contributed by atoms with Gasteiger partial charge in [0.05, 0.1) is 11.0 Å². The molecule has 0 saturated carbocycles. The molecule has 1 aromatic carbocycles. The van der Waals surface area contributed by atoms with Crippen LogP contribution in [0, 0.1) is 15.9 Å². The lowest BCUT2D eigenvalue weighted by atomic mass is 10.1. The molecule has 0 amide bonds. The Kier molecular flexibility index (Phi) is 3.70. The predicted molar refractivity (Wildman–Crippen MR) is 69.3 cm³/mol. The summed E-state index contributed by atoms with van der Waals surface area (Å²) < 4.78 is 13.7. The van der Waals surface area contributed by atoms with Gasteiger partial charge in [-0.2, -0.15) is 0 Å². The number of rotatable bonds is 4. The molecule has 0 bridgehead atoms. The molecule has 1 atom stereocenters. The topological polar surface area (TPSA) is 68.1 Å². The molecule has 2 aromatic rings. The van der Waals surface area contributed by atoms with Crippen molar-refractivity contribution in [3.05, 3.63) is 64.2 Å². The third-order valence-electron chi connectivity index (χ3n) is 2.73. The Morgan fingerprint density at radius 2 is 2.16 bits per heavy atom. The highest BCUT2D eigenvalue weighted by atomic mass is 19.1. The van der Waals surface area contributed by atoms with Crippen LogP contribution in [0.4, 0.5) is 15.8 Å². The first-order valence-corrected chi connectivity index (χ1v) is 5.69. The molecule has 0 aliphatic rings. The highest BCUT2D eigenvalue weighted by Crippen LogP contribution is 2.30. The molecular formula is C13H12FN3O2. The van der Waals surface area contributed by atoms with E-state index in [0.717, 1.165) is 5.56 Å². The van der Waals surface area contributed by atoms with E-state index in [4.69, 9.17) is 0 Å². The van der Waals surface area contributed by atoms with Crippen LogP contribution in [0.25, 0.3) is 0 Å². The fourth-order valence-corrected chi connectivity index (χ4v) is 1.74. The molecule has 0 radical (unpaired) electrons. The van der Waals surface area contributed by atoms with Crippen LogP contribution >= 0.6 is 0 Å². The summed E-state index contributed by atoms with van der Waals surface area (Å²) in [5.74, 6) is -0.648. The first-order chi connectivity index (χ1) is 9.09. The van der Waals surface area contributed by atoms with Gasteiger partial charge in [-0.3, -0.25) is 15.1 Å². The molecular weight excluding hydrogens is 249 g/mol. The molecule has 6 heteroatoms. The first kappa shape index (κ1) is 12.9. The summed E-state index contributed by atoms with van der Waals surface area (Å²) >= 11 is 0. The minimum atomic E-state index is -0.648. The molecule has 0 aliphatic heterocycles. The van der Waals surface area contributed by atoms with Gasteiger partial charge in [-0.25, -0.2) is 4.39 Å². The van der Waals surface area contributed by atoms with E-state index in [-0.39, 0.29) is 17.4 Å². The second kappa shape index (κ2) is 5.43. The maximum atomic E-state index is 13.7. The SMILES string of the molecule is C[C@H](Nc1c(F)cccc1[N+](=O)[O-])c1cccnc1. The monoisotopic (exact) mass is 261 g/mol. The van der Waals surface area contributed by atoms with Gasteiger partial charge >= 0.3 is 0 Å². The number of para-hydroxylation sites is 1. The van der Waals surface area contributed by atoms with Crippen LogP contribution in [0.3, 0.4) is 0 Å². The van der Waals surface area contributed by atoms with Crippen molar-refractivity contribution in [3.63, 3.8) is 0 Å². The molecule has 5 nitrogen and oxygen atoms in total. The lowest BCUT2D eigenvalue weighted by molar-refractivity contribution is -0.384. The van der Waals surface area contributed by atoms with Crippen LogP contribution in [0.2, 0.25) is 0 Å². The molecule has 1 aromatic heterocycles. The molecule has 2 rings (SSSR count). The Morgan fingerprint density at radius 3 is 2.79 bits per heavy atom. The second-order valence-corrected chi connectivity index (χ2v) is 4.04. The Bertz CT molecular complexity index is 590. The maximum absolute atomic E-state index is 13.7. The van der Waals surface area contributed by atoms with Crippen LogP contribution in [-0.2, 0) is 0 Å². The van der Waals surface area contributed by atoms with Gasteiger partial charge in [-0.05, 0) is 24.6 Å². The third-order valence-corrected chi connectivity index (χ3v) is 2.73. The molecule has 1 N–H and O–H groups in total. The number of pyridine rings is 1. The van der Waals surface area contributed by atoms with Gasteiger partial charge in [0, 0.05) is 18.5 Å². The fourth-order valence-electron chi connectivity index (χ4n) is 1.74. The van der Waals surface area contributed by atoms with Crippen molar-refractivity contribution in [2.75, 3.05) is 5.32 Å². The van der Waals surface area contributed by atoms with Crippen molar-refractivity contribution in [1.29, 1.82) is 0 Å². The van der Waals surface area contributed by atoms with Gasteiger partial charge in [-0.15, -0.1) is 0 Å². The van der Waals surface area contributed by atoms with E-state index in [9.17, 15) is 14.5 Å². The average molecular weight is 261 g/mol. The predicted octanol–water partition coefficient (Wildman–Crippen LogP) is 3.30. The van der Waals surface area contributed by atoms with Gasteiger partial charge in [0.15, 0.2) is 5.82 Å². The molecule has 0 aliphatic carbocycles. The number of nitro groups is 1. The van der Waals surface area contributed by atoms with Crippen LogP contribution in [0.15, 0.2) is 42.7 Å². The lowest BCUT2D eigenvalue weighted by Gasteiger charge is -2.15. The summed E-state index contributed by atoms with van der Waals surface area (Å²) in [5.41, 5.74) is 0.430. The zero-order valence-electron chi connectivity index (χ0n) is 10.2. The standard InChI is InChI=1S/C13H12FN3O2/c1-9(10-4-3-7-15-8-10)16-13-11(14)5-2-6-12(13)17(18)19/h2-9,16H,1H3/t9-/m0/s1. The molecule has 19 heavy (non-hydrogen) atoms. The number of nitro benzene ring substituents is 1. The Balaban J connectivity index is 2.31. The van der Waals surface area contributed by atoms with Crippen LogP contribution in [0.5, 0.6) is 0 Å². The van der Waals surface area contributed by atoms with E-state index >= 15 is 0 Å². The van der Waals surface area contributed by atoms with Crippen LogP contribution < -0.4 is 5.32 Å². The number of anilines is 1. The molecule has 1 heterocycles. The molecule has 0 spiro atoms. The number of nitrogens with zero attached hydrogens (tertiary/aromatic N) is 2. The number of nitrogens with one attached hydrogen (secondary N) is 1. The van der Waals surface area contributed by atoms with Crippen molar-refractivity contribution in [2.24, 2.45) is 0 Å². The summed E-state index contributed by atoms with van der Waals surface area (Å²) in [6.07, 6.45) is 3.26. The first-order valence-electron chi connectivity index (χ1n) is 5.69. The van der Waals surface area contributed by atoms with E-state index < -0.39 is 10.7 Å². The third kappa shape index (κ3) is 2.85. The Morgan fingerprint density at radius 1 is 1.37 bits per heavy atom. The summed E-state index contributed by atoms with van der Waals surface area (Å²) in [6.45, 7) is 1.78. The smallest absolute Gasteiger partial charge is 0.295 e. The van der Waals surface area contributed by atoms with Gasteiger partial charge in [0.25, 0.3) is 5.69 Å². The van der Waals surface area contributed by atoms with Crippen molar-refractivity contribution < 1.29 is 9.31 Å². The van der Waals surface area contributed by atoms with Crippen molar-refractivity contribution >= 4 is 11.4 Å². The van der Waals surface area contributed by atoms with Crippen molar-refractivity contribution in [3.8, 4) is 0 Å². The molecule has 98 valence electrons. The summed E-state index contributed by atoms with van der Waals surface area (Å²) in [5, 5.41) is 13.7. The fraction of sp³-hybridized carbons (Fsp3) is 0.154. The van der Waals surface area contributed by atoms with E-state index in [1.165, 1.54) is 18.2 Å². The molecule has 0 unspecified atom stereocenters. The number of aromatic nitrogens is 1. The highest BCUT2D eigenvalue weighted by molar-refractivity contribution is 5.63. The second-order valence-electron chi connectivity index (χ2n) is 4.04. The quantitative estimate of drug-likeness (QED) is 0.677. The van der Waals surface area contributed by atoms with Crippen LogP contribution in [-0.4, -0.2) is 9.91 Å². The largest absolute Gasteiger partial charge is 0.370 e. The number of hydrogen-bond donors (Lipinski definition) is 1. The van der Waals surface area contributed by atoms with E-state index in [2.05, 4.69) is 10.3 Å². The number of benzene rings is 1. The number of halogens is 1. The zero-order valence-corrected chi connectivity index (χ0v) is 10.2. The zero-order chi connectivity index (χ0) is 13.8. The van der Waals surface area contributed by atoms with Crippen LogP contribution in [0.1, 0.15) is 18.5 Å². The average Bonchev–Trinajstić information content (AvgIpc) is 2.41. The Hall–Kier alpha value is -2.50. The van der Waals surface area contributed by atoms with Crippen molar-refractivity contribution in [2.45, 2.75) is 13.0 Å². The highest BCUT2D eigenvalue weighted by Gasteiger charge is 2.19. The summed E-state index contributed by atoms with van der Waals surface area (Å²) in [6, 6.07) is 7.05. The van der Waals surface area contributed by atoms with Gasteiger partial charge in [0.2, 0.25) is 0 Å². The molecule has 0 saturated heterocycles. The van der Waals surface area contributed by atoms with E-state index in [1.54, 1.807) is 25.4 Å². The minimum absolute atomic E-state index is 0.108. The maximum Gasteiger partial charge on any atom is 0.295 e. The number of hydrogen-bond acceptors (Lipinski definition) is 4. The lowest BCUT2D eigenvalue weighted by Crippen LogP contribution is -2.10. The van der Waals surface area contributed by atoms with E-state index in [0.29, 0.717) is 0 Å².